The number of pyridine rings is 1. The summed E-state index contributed by atoms with van der Waals surface area (Å²) in [5.41, 5.74) is 4.79. The molecule has 51 heavy (non-hydrogen) atoms. The molecule has 4 N–H and O–H groups in total. The fourth-order valence-corrected chi connectivity index (χ4v) is 5.34. The molecule has 6 bridgehead atoms. The number of amides is 2. The van der Waals surface area contributed by atoms with Gasteiger partial charge >= 0.3 is 23.9 Å². The van der Waals surface area contributed by atoms with Gasteiger partial charge in [0.2, 0.25) is 11.9 Å². The summed E-state index contributed by atoms with van der Waals surface area (Å²) in [6, 6.07) is 9.44. The molecule has 0 spiro atoms. The van der Waals surface area contributed by atoms with Crippen molar-refractivity contribution in [1.82, 2.24) is 30.0 Å². The number of aromatic amines is 1. The molecule has 20 heteroatoms. The first-order chi connectivity index (χ1) is 24.1. The average molecular weight is 738 g/mol. The van der Waals surface area contributed by atoms with Gasteiger partial charge < -0.3 is 20.9 Å². The van der Waals surface area contributed by atoms with Gasteiger partial charge in [-0.1, -0.05) is 11.6 Å². The molecule has 0 radical (unpaired) electrons. The smallest absolute Gasteiger partial charge is 0.339 e. The van der Waals surface area contributed by atoms with Gasteiger partial charge in [0, 0.05) is 43.3 Å². The number of benzene rings is 1. The molecule has 1 saturated heterocycles. The first-order valence-corrected chi connectivity index (χ1v) is 15.4. The number of aryl methyl sites for hydroxylation is 2. The van der Waals surface area contributed by atoms with E-state index >= 15 is 0 Å². The Morgan fingerprint density at radius 1 is 0.922 bits per heavy atom. The summed E-state index contributed by atoms with van der Waals surface area (Å²) in [6.07, 6.45) is -2.38. The van der Waals surface area contributed by atoms with Gasteiger partial charge in [-0.3, -0.25) is 29.3 Å². The third kappa shape index (κ3) is 9.56. The van der Waals surface area contributed by atoms with Gasteiger partial charge in [0.1, 0.15) is 10.7 Å². The molecular formula is C31H26ClF6N9O4. The number of aromatic nitrogens is 5. The number of H-pyrrole nitrogens is 1. The van der Waals surface area contributed by atoms with Crippen LogP contribution in [-0.4, -0.2) is 78.9 Å². The highest BCUT2D eigenvalue weighted by Gasteiger charge is 2.54. The number of hydrogen-bond acceptors (Lipinski definition) is 10. The highest BCUT2D eigenvalue weighted by Crippen LogP contribution is 2.30. The molecule has 2 aliphatic rings. The Morgan fingerprint density at radius 3 is 2.35 bits per heavy atom. The Kier molecular flexibility index (Phi) is 10.9. The maximum absolute atomic E-state index is 13.1. The number of likely N-dealkylation sites (tertiary alicyclic amines) is 1. The number of nitrogens with zero attached hydrogens (tertiary/aromatic N) is 5. The van der Waals surface area contributed by atoms with Crippen LogP contribution in [-0.2, 0) is 27.2 Å². The zero-order valence-corrected chi connectivity index (χ0v) is 26.8. The molecule has 1 fully saturated rings. The lowest BCUT2D eigenvalue weighted by Gasteiger charge is -2.17. The van der Waals surface area contributed by atoms with Crippen LogP contribution in [0.15, 0.2) is 55.1 Å². The van der Waals surface area contributed by atoms with E-state index in [4.69, 9.17) is 11.6 Å². The minimum Gasteiger partial charge on any atom is -0.339 e. The van der Waals surface area contributed by atoms with Gasteiger partial charge in [-0.05, 0) is 66.6 Å². The molecule has 2 aliphatic heterocycles. The number of nitrogens with one attached hydrogen (secondary N) is 4. The minimum atomic E-state index is -5.77. The number of ketones is 2. The van der Waals surface area contributed by atoms with Crippen LogP contribution in [0, 0.1) is 5.92 Å². The largest absolute Gasteiger partial charge is 0.458 e. The van der Waals surface area contributed by atoms with Gasteiger partial charge in [-0.15, -0.1) is 0 Å². The van der Waals surface area contributed by atoms with Crippen molar-refractivity contribution in [2.45, 2.75) is 38.0 Å². The minimum absolute atomic E-state index is 0.0768. The Hall–Kier alpha value is -5.59. The van der Waals surface area contributed by atoms with E-state index in [1.165, 1.54) is 0 Å². The summed E-state index contributed by atoms with van der Waals surface area (Å²) in [5.74, 6) is -6.01. The molecule has 6 rings (SSSR count). The molecule has 1 atom stereocenters. The van der Waals surface area contributed by atoms with Crippen LogP contribution < -0.4 is 16.0 Å². The molecule has 0 unspecified atom stereocenters. The molecule has 0 aliphatic carbocycles. The summed E-state index contributed by atoms with van der Waals surface area (Å²) >= 11 is 6.36. The fraction of sp³-hybridized carbons (Fsp3) is 0.290. The van der Waals surface area contributed by atoms with Crippen molar-refractivity contribution in [2.24, 2.45) is 5.92 Å². The number of carbonyl (C=O) groups excluding carboxylic acids is 4. The quantitative estimate of drug-likeness (QED) is 0.150. The second-order valence-corrected chi connectivity index (χ2v) is 11.8. The van der Waals surface area contributed by atoms with E-state index in [2.05, 4.69) is 41.1 Å². The van der Waals surface area contributed by atoms with Crippen molar-refractivity contribution < 1.29 is 45.5 Å². The lowest BCUT2D eigenvalue weighted by molar-refractivity contribution is -0.193. The summed E-state index contributed by atoms with van der Waals surface area (Å²) in [5, 5.41) is 16.5. The van der Waals surface area contributed by atoms with Crippen LogP contribution in [0.2, 0.25) is 5.02 Å². The van der Waals surface area contributed by atoms with Crippen LogP contribution >= 0.6 is 11.6 Å². The van der Waals surface area contributed by atoms with Crippen molar-refractivity contribution in [3.05, 3.63) is 77.0 Å². The molecule has 2 amide bonds. The topological polar surface area (TPSA) is 175 Å². The lowest BCUT2D eigenvalue weighted by atomic mass is 10.0. The maximum Gasteiger partial charge on any atom is 0.458 e. The SMILES string of the molecule is O=C(C(=O)C(F)(F)F)C(F)(F)F.O=C(C[C@H]1CCN(C(=O)c2ccn[nH]2)C1)Nc1ccc2cc1CCc1cncc(c1)Nc1ncc(Cl)c(n1)N2. The van der Waals surface area contributed by atoms with E-state index in [1.54, 1.807) is 29.6 Å². The number of fused-ring (bicyclic) bond motifs is 6. The van der Waals surface area contributed by atoms with Crippen LogP contribution in [0.1, 0.15) is 34.5 Å². The van der Waals surface area contributed by atoms with E-state index in [0.717, 1.165) is 41.0 Å². The average Bonchev–Trinajstić information content (AvgIpc) is 3.78. The molecule has 4 aromatic rings. The van der Waals surface area contributed by atoms with Crippen LogP contribution in [0.4, 0.5) is 55.2 Å². The Balaban J connectivity index is 0.000000362. The number of halogens is 7. The van der Waals surface area contributed by atoms with Crippen LogP contribution in [0.5, 0.6) is 0 Å². The Labute approximate surface area is 289 Å². The summed E-state index contributed by atoms with van der Waals surface area (Å²) in [6.45, 7) is 1.16. The molecule has 13 nitrogen and oxygen atoms in total. The summed E-state index contributed by atoms with van der Waals surface area (Å²) < 4.78 is 67.0. The number of Topliss-reactive ketones (excluding diaryl/α,β-unsaturated/α-hetero) is 2. The molecule has 5 heterocycles. The molecular weight excluding hydrogens is 712 g/mol. The van der Waals surface area contributed by atoms with Crippen LogP contribution in [0.25, 0.3) is 0 Å². The Morgan fingerprint density at radius 2 is 1.67 bits per heavy atom. The number of hydrogen-bond donors (Lipinski definition) is 4. The highest BCUT2D eigenvalue weighted by atomic mass is 35.5. The molecule has 268 valence electrons. The van der Waals surface area contributed by atoms with E-state index < -0.39 is 23.9 Å². The van der Waals surface area contributed by atoms with Gasteiger partial charge in [0.15, 0.2) is 5.82 Å². The predicted octanol–water partition coefficient (Wildman–Crippen LogP) is 5.57. The first-order valence-electron chi connectivity index (χ1n) is 15.0. The van der Waals surface area contributed by atoms with Crippen molar-refractivity contribution in [2.75, 3.05) is 29.0 Å². The molecule has 1 aromatic carbocycles. The zero-order valence-electron chi connectivity index (χ0n) is 26.0. The van der Waals surface area contributed by atoms with E-state index in [-0.39, 0.29) is 17.7 Å². The molecule has 0 saturated carbocycles. The first kappa shape index (κ1) is 36.7. The van der Waals surface area contributed by atoms with Gasteiger partial charge in [0.25, 0.3) is 5.91 Å². The van der Waals surface area contributed by atoms with Gasteiger partial charge in [0.05, 0.1) is 18.1 Å². The molecule has 3 aromatic heterocycles. The third-order valence-corrected chi connectivity index (χ3v) is 7.90. The van der Waals surface area contributed by atoms with Crippen molar-refractivity contribution in [3.8, 4) is 0 Å². The zero-order chi connectivity index (χ0) is 36.9. The second-order valence-electron chi connectivity index (χ2n) is 11.4. The summed E-state index contributed by atoms with van der Waals surface area (Å²) in [4.78, 5) is 59.8. The van der Waals surface area contributed by atoms with E-state index in [9.17, 15) is 45.5 Å². The highest BCUT2D eigenvalue weighted by molar-refractivity contribution is 6.41. The number of rotatable bonds is 5. The lowest BCUT2D eigenvalue weighted by Crippen LogP contribution is -2.39. The number of carbonyl (C=O) groups is 4. The van der Waals surface area contributed by atoms with Gasteiger partial charge in [-0.25, -0.2) is 4.98 Å². The monoisotopic (exact) mass is 737 g/mol. The predicted molar refractivity (Wildman–Crippen MR) is 170 cm³/mol. The number of anilines is 5. The Bertz CT molecular complexity index is 1920. The fourth-order valence-electron chi connectivity index (χ4n) is 5.20. The van der Waals surface area contributed by atoms with Crippen molar-refractivity contribution in [1.29, 1.82) is 0 Å². The standard InChI is InChI=1S/C27H26ClN9O2.C4F6O2/c28-21-14-30-27-33-20-9-16(12-29-13-20)1-2-18-11-19(32-25(21)35-27)3-4-22(18)34-24(38)10-17-6-8-37(15-17)26(39)23-5-7-31-36-23;5-3(6,7)1(11)2(12)4(8,9)10/h3-5,7,9,11-14,17H,1-2,6,8,10,15H2,(H,31,36)(H,34,38)(H2,30,32,33,35);/t17-;/m1./s1. The summed E-state index contributed by atoms with van der Waals surface area (Å²) in [7, 11) is 0. The van der Waals surface area contributed by atoms with E-state index in [0.29, 0.717) is 48.4 Å². The van der Waals surface area contributed by atoms with Gasteiger partial charge in [-0.2, -0.15) is 36.4 Å². The normalized spacial score (nSPS) is 15.4. The van der Waals surface area contributed by atoms with Crippen molar-refractivity contribution in [3.63, 3.8) is 0 Å². The maximum atomic E-state index is 13.1. The van der Waals surface area contributed by atoms with Crippen molar-refractivity contribution >= 4 is 63.8 Å². The number of alkyl halides is 6. The van der Waals surface area contributed by atoms with Crippen LogP contribution in [0.3, 0.4) is 0 Å². The third-order valence-electron chi connectivity index (χ3n) is 7.62. The van der Waals surface area contributed by atoms with E-state index in [1.807, 2.05) is 30.5 Å². The second kappa shape index (κ2) is 15.1.